The van der Waals surface area contributed by atoms with Gasteiger partial charge in [0.05, 0.1) is 5.56 Å². The van der Waals surface area contributed by atoms with Gasteiger partial charge >= 0.3 is 0 Å². The molecule has 2 amide bonds. The van der Waals surface area contributed by atoms with Crippen LogP contribution in [0.25, 0.3) is 0 Å². The molecule has 0 radical (unpaired) electrons. The third-order valence-electron chi connectivity index (χ3n) is 4.28. The van der Waals surface area contributed by atoms with Gasteiger partial charge in [0.2, 0.25) is 5.91 Å². The van der Waals surface area contributed by atoms with Crippen LogP contribution in [-0.4, -0.2) is 30.9 Å². The van der Waals surface area contributed by atoms with Crippen molar-refractivity contribution in [2.75, 3.05) is 23.3 Å². The van der Waals surface area contributed by atoms with Gasteiger partial charge in [-0.2, -0.15) is 0 Å². The molecule has 5 heteroatoms. The number of rotatable bonds is 6. The van der Waals surface area contributed by atoms with Gasteiger partial charge in [0, 0.05) is 36.9 Å². The highest BCUT2D eigenvalue weighted by molar-refractivity contribution is 6.02. The Balaban J connectivity index is 2.30. The predicted octanol–water partition coefficient (Wildman–Crippen LogP) is 3.16. The number of amides is 2. The number of hydrogen-bond acceptors (Lipinski definition) is 3. The zero-order valence-electron chi connectivity index (χ0n) is 14.3. The normalized spacial score (nSPS) is 15.3. The summed E-state index contributed by atoms with van der Waals surface area (Å²) in [5, 5.41) is 5.86. The van der Waals surface area contributed by atoms with Crippen molar-refractivity contribution in [2.45, 2.75) is 52.5 Å². The van der Waals surface area contributed by atoms with Crippen LogP contribution in [0.4, 0.5) is 11.4 Å². The van der Waals surface area contributed by atoms with E-state index in [-0.39, 0.29) is 17.9 Å². The molecule has 1 saturated heterocycles. The first-order chi connectivity index (χ1) is 11.0. The average molecular weight is 317 g/mol. The van der Waals surface area contributed by atoms with Crippen LogP contribution in [0, 0.1) is 0 Å². The van der Waals surface area contributed by atoms with Gasteiger partial charge in [-0.05, 0) is 44.4 Å². The first kappa shape index (κ1) is 17.3. The molecule has 0 saturated carbocycles. The molecule has 2 N–H and O–H groups in total. The summed E-state index contributed by atoms with van der Waals surface area (Å²) in [5.41, 5.74) is 2.27. The summed E-state index contributed by atoms with van der Waals surface area (Å²) in [7, 11) is 0. The Kier molecular flexibility index (Phi) is 6.02. The molecule has 1 heterocycles. The van der Waals surface area contributed by atoms with Crippen LogP contribution in [0.3, 0.4) is 0 Å². The maximum Gasteiger partial charge on any atom is 0.253 e. The first-order valence-corrected chi connectivity index (χ1v) is 8.54. The van der Waals surface area contributed by atoms with Crippen molar-refractivity contribution in [1.29, 1.82) is 0 Å². The van der Waals surface area contributed by atoms with Gasteiger partial charge < -0.3 is 15.5 Å². The van der Waals surface area contributed by atoms with Crippen molar-refractivity contribution in [3.05, 3.63) is 23.8 Å². The second-order valence-electron chi connectivity index (χ2n) is 6.11. The summed E-state index contributed by atoms with van der Waals surface area (Å²) >= 11 is 0. The lowest BCUT2D eigenvalue weighted by Gasteiger charge is -2.23. The van der Waals surface area contributed by atoms with E-state index in [4.69, 9.17) is 0 Å². The van der Waals surface area contributed by atoms with E-state index in [1.807, 2.05) is 32.9 Å². The molecule has 2 rings (SSSR count). The van der Waals surface area contributed by atoms with E-state index < -0.39 is 0 Å². The smallest absolute Gasteiger partial charge is 0.253 e. The Hall–Kier alpha value is -2.04. The molecular weight excluding hydrogens is 290 g/mol. The zero-order valence-corrected chi connectivity index (χ0v) is 14.3. The van der Waals surface area contributed by atoms with E-state index in [9.17, 15) is 9.59 Å². The molecule has 1 atom stereocenters. The minimum atomic E-state index is -0.0751. The lowest BCUT2D eigenvalue weighted by atomic mass is 10.1. The third-order valence-corrected chi connectivity index (χ3v) is 4.28. The molecule has 1 aliphatic heterocycles. The lowest BCUT2D eigenvalue weighted by Crippen LogP contribution is -2.33. The minimum Gasteiger partial charge on any atom is -0.371 e. The van der Waals surface area contributed by atoms with Gasteiger partial charge in [-0.3, -0.25) is 9.59 Å². The predicted molar refractivity (Wildman–Crippen MR) is 94.0 cm³/mol. The van der Waals surface area contributed by atoms with Crippen LogP contribution in [0.2, 0.25) is 0 Å². The Bertz CT molecular complexity index is 565. The van der Waals surface area contributed by atoms with Crippen molar-refractivity contribution < 1.29 is 9.59 Å². The fourth-order valence-corrected chi connectivity index (χ4v) is 2.68. The molecule has 5 nitrogen and oxygen atoms in total. The van der Waals surface area contributed by atoms with Crippen LogP contribution in [-0.2, 0) is 4.79 Å². The highest BCUT2D eigenvalue weighted by atomic mass is 16.2. The van der Waals surface area contributed by atoms with E-state index >= 15 is 0 Å². The third kappa shape index (κ3) is 4.47. The molecule has 23 heavy (non-hydrogen) atoms. The minimum absolute atomic E-state index is 0.0489. The van der Waals surface area contributed by atoms with E-state index in [0.29, 0.717) is 17.7 Å². The second kappa shape index (κ2) is 7.99. The van der Waals surface area contributed by atoms with E-state index in [0.717, 1.165) is 38.0 Å². The van der Waals surface area contributed by atoms with Gasteiger partial charge in [-0.15, -0.1) is 0 Å². The fourth-order valence-electron chi connectivity index (χ4n) is 2.68. The number of benzene rings is 1. The van der Waals surface area contributed by atoms with Crippen LogP contribution >= 0.6 is 0 Å². The molecule has 0 spiro atoms. The number of carbonyl (C=O) groups is 2. The maximum atomic E-state index is 12.6. The van der Waals surface area contributed by atoms with E-state index in [1.165, 1.54) is 0 Å². The van der Waals surface area contributed by atoms with Gasteiger partial charge in [-0.25, -0.2) is 0 Å². The molecule has 0 aliphatic carbocycles. The van der Waals surface area contributed by atoms with Crippen LogP contribution < -0.4 is 15.5 Å². The topological polar surface area (TPSA) is 61.4 Å². The molecule has 1 fully saturated rings. The summed E-state index contributed by atoms with van der Waals surface area (Å²) in [6.45, 7) is 7.80. The maximum absolute atomic E-state index is 12.6. The molecule has 1 unspecified atom stereocenters. The summed E-state index contributed by atoms with van der Waals surface area (Å²) in [6, 6.07) is 5.74. The Morgan fingerprint density at radius 2 is 1.91 bits per heavy atom. The standard InChI is InChI=1S/C18H27N3O2/c1-4-13(3)19-18(23)15-12-14(20-17(22)5-2)8-9-16(15)21-10-6-7-11-21/h8-9,12-13H,4-7,10-11H2,1-3H3,(H,19,23)(H,20,22). The number of nitrogens with one attached hydrogen (secondary N) is 2. The summed E-state index contributed by atoms with van der Waals surface area (Å²) in [4.78, 5) is 26.5. The molecule has 1 aromatic rings. The summed E-state index contributed by atoms with van der Waals surface area (Å²) < 4.78 is 0. The SMILES string of the molecule is CCC(=O)Nc1ccc(N2CCCC2)c(C(=O)NC(C)CC)c1. The average Bonchev–Trinajstić information content (AvgIpc) is 3.08. The molecule has 1 aliphatic rings. The Labute approximate surface area is 138 Å². The van der Waals surface area contributed by atoms with Crippen LogP contribution in [0.5, 0.6) is 0 Å². The summed E-state index contributed by atoms with van der Waals surface area (Å²) in [6.07, 6.45) is 3.61. The van der Waals surface area contributed by atoms with Gasteiger partial charge in [-0.1, -0.05) is 13.8 Å². The van der Waals surface area contributed by atoms with Gasteiger partial charge in [0.25, 0.3) is 5.91 Å². The van der Waals surface area contributed by atoms with Gasteiger partial charge in [0.15, 0.2) is 0 Å². The number of carbonyl (C=O) groups excluding carboxylic acids is 2. The quantitative estimate of drug-likeness (QED) is 0.847. The molecule has 0 aromatic heterocycles. The van der Waals surface area contributed by atoms with Crippen molar-refractivity contribution >= 4 is 23.2 Å². The molecule has 126 valence electrons. The van der Waals surface area contributed by atoms with E-state index in [1.54, 1.807) is 6.07 Å². The van der Waals surface area contributed by atoms with Crippen LogP contribution in [0.15, 0.2) is 18.2 Å². The second-order valence-corrected chi connectivity index (χ2v) is 6.11. The molecular formula is C18H27N3O2. The fraction of sp³-hybridized carbons (Fsp3) is 0.556. The molecule has 1 aromatic carbocycles. The van der Waals surface area contributed by atoms with Crippen LogP contribution in [0.1, 0.15) is 56.8 Å². The van der Waals surface area contributed by atoms with Crippen molar-refractivity contribution in [2.24, 2.45) is 0 Å². The highest BCUT2D eigenvalue weighted by Crippen LogP contribution is 2.27. The Morgan fingerprint density at radius 3 is 2.52 bits per heavy atom. The van der Waals surface area contributed by atoms with Crippen molar-refractivity contribution in [3.8, 4) is 0 Å². The first-order valence-electron chi connectivity index (χ1n) is 8.54. The number of hydrogen-bond donors (Lipinski definition) is 2. The monoisotopic (exact) mass is 317 g/mol. The van der Waals surface area contributed by atoms with E-state index in [2.05, 4.69) is 15.5 Å². The van der Waals surface area contributed by atoms with Crippen molar-refractivity contribution in [3.63, 3.8) is 0 Å². The lowest BCUT2D eigenvalue weighted by molar-refractivity contribution is -0.115. The highest BCUT2D eigenvalue weighted by Gasteiger charge is 2.21. The number of nitrogens with zero attached hydrogens (tertiary/aromatic N) is 1. The number of anilines is 2. The molecule has 0 bridgehead atoms. The van der Waals surface area contributed by atoms with Gasteiger partial charge in [0.1, 0.15) is 0 Å². The van der Waals surface area contributed by atoms with Crippen molar-refractivity contribution in [1.82, 2.24) is 5.32 Å². The summed E-state index contributed by atoms with van der Waals surface area (Å²) in [5.74, 6) is -0.124. The largest absolute Gasteiger partial charge is 0.371 e. The zero-order chi connectivity index (χ0) is 16.8. The Morgan fingerprint density at radius 1 is 1.22 bits per heavy atom.